The Hall–Kier alpha value is -2.69. The fourth-order valence-electron chi connectivity index (χ4n) is 2.61. The molecule has 0 spiro atoms. The monoisotopic (exact) mass is 578 g/mol. The van der Waals surface area contributed by atoms with E-state index in [1.165, 1.54) is 20.8 Å². The molecule has 0 radical (unpaired) electrons. The molecule has 5 N–H and O–H groups in total. The van der Waals surface area contributed by atoms with E-state index in [0.29, 0.717) is 0 Å². The number of carbonyl (C=O) groups is 3. The molecule has 230 valence electrons. The van der Waals surface area contributed by atoms with Crippen molar-refractivity contribution in [3.05, 3.63) is 36.5 Å². The van der Waals surface area contributed by atoms with Crippen molar-refractivity contribution in [1.82, 2.24) is 0 Å². The molecule has 6 atom stereocenters. The van der Waals surface area contributed by atoms with Gasteiger partial charge in [-0.1, -0.05) is 19.7 Å². The fraction of sp³-hybridized carbons (Fsp3) is 0.654. The topological polar surface area (TPSA) is 208 Å². The number of aliphatic hydroxyl groups is 5. The van der Waals surface area contributed by atoms with Crippen LogP contribution in [0.2, 0.25) is 0 Å². The molecule has 14 nitrogen and oxygen atoms in total. The lowest BCUT2D eigenvalue weighted by Gasteiger charge is -2.31. The molecule has 14 heteroatoms. The molecule has 0 saturated heterocycles. The smallest absolute Gasteiger partial charge is 0.333 e. The first-order valence-corrected chi connectivity index (χ1v) is 12.3. The summed E-state index contributed by atoms with van der Waals surface area (Å²) in [6.07, 6.45) is -7.97. The van der Waals surface area contributed by atoms with Crippen molar-refractivity contribution in [2.45, 2.75) is 57.4 Å². The predicted octanol–water partition coefficient (Wildman–Crippen LogP) is -1.43. The molecule has 0 aromatic carbocycles. The quantitative estimate of drug-likeness (QED) is 0.0567. The highest BCUT2D eigenvalue weighted by molar-refractivity contribution is 5.87. The predicted molar refractivity (Wildman–Crippen MR) is 139 cm³/mol. The second kappa shape index (κ2) is 20.2. The third kappa shape index (κ3) is 16.4. The first-order valence-electron chi connectivity index (χ1n) is 12.3. The van der Waals surface area contributed by atoms with Gasteiger partial charge in [0.25, 0.3) is 0 Å². The van der Waals surface area contributed by atoms with Crippen LogP contribution in [0.5, 0.6) is 0 Å². The van der Waals surface area contributed by atoms with E-state index in [1.54, 1.807) is 0 Å². The highest BCUT2D eigenvalue weighted by atomic mass is 16.6. The number of hydrogen-bond donors (Lipinski definition) is 5. The van der Waals surface area contributed by atoms with Crippen LogP contribution in [0.3, 0.4) is 0 Å². The number of hydrogen-bond acceptors (Lipinski definition) is 14. The lowest BCUT2D eigenvalue weighted by molar-refractivity contribution is -0.177. The number of ether oxygens (including phenoxy) is 6. The van der Waals surface area contributed by atoms with Gasteiger partial charge in [0.05, 0.1) is 33.0 Å². The van der Waals surface area contributed by atoms with Crippen LogP contribution in [-0.2, 0) is 42.8 Å². The Bertz CT molecular complexity index is 841. The summed E-state index contributed by atoms with van der Waals surface area (Å²) in [7, 11) is 0. The second-order valence-electron chi connectivity index (χ2n) is 9.05. The summed E-state index contributed by atoms with van der Waals surface area (Å²) >= 11 is 0. The molecule has 0 amide bonds. The van der Waals surface area contributed by atoms with Crippen LogP contribution in [0, 0.1) is 0 Å². The first-order chi connectivity index (χ1) is 18.7. The van der Waals surface area contributed by atoms with Gasteiger partial charge < -0.3 is 54.0 Å². The van der Waals surface area contributed by atoms with Crippen molar-refractivity contribution >= 4 is 17.9 Å². The van der Waals surface area contributed by atoms with Gasteiger partial charge in [0.15, 0.2) is 0 Å². The van der Waals surface area contributed by atoms with Gasteiger partial charge in [-0.15, -0.1) is 0 Å². The number of esters is 3. The average Bonchev–Trinajstić information content (AvgIpc) is 2.90. The SMILES string of the molecule is C=C(C)C(=O)OCC(O)COC[C@H](OCC(O)COC(=O)C(=C)C)[C@H](OCC(O)COC(=O)C(=C)C)[C@H](O)CO. The molecule has 0 saturated carbocycles. The molecule has 0 bridgehead atoms. The normalized spacial score (nSPS) is 15.6. The van der Waals surface area contributed by atoms with E-state index >= 15 is 0 Å². The van der Waals surface area contributed by atoms with Crippen LogP contribution >= 0.6 is 0 Å². The van der Waals surface area contributed by atoms with Crippen molar-refractivity contribution in [3.63, 3.8) is 0 Å². The average molecular weight is 579 g/mol. The molecule has 0 aromatic heterocycles. The second-order valence-corrected chi connectivity index (χ2v) is 9.05. The van der Waals surface area contributed by atoms with Crippen molar-refractivity contribution in [2.24, 2.45) is 0 Å². The standard InChI is InChI=1S/C26H42O14/c1-15(2)24(32)38-11-18(28)8-35-14-22(36-9-19(29)12-39-25(33)16(3)4)23(21(31)7-27)37-10-20(30)13-40-26(34)17(5)6/h18-23,27-31H,1,3,5,7-14H2,2,4,6H3/t18?,19?,20?,21-,22+,23-/m1/s1. The van der Waals surface area contributed by atoms with E-state index in [9.17, 15) is 39.9 Å². The van der Waals surface area contributed by atoms with Crippen LogP contribution in [0.4, 0.5) is 0 Å². The zero-order valence-corrected chi connectivity index (χ0v) is 23.2. The summed E-state index contributed by atoms with van der Waals surface area (Å²) in [6.45, 7) is 10.9. The molecule has 0 fully saturated rings. The van der Waals surface area contributed by atoms with E-state index in [-0.39, 0.29) is 29.9 Å². The van der Waals surface area contributed by atoms with E-state index in [2.05, 4.69) is 19.7 Å². The van der Waals surface area contributed by atoms with Gasteiger partial charge in [-0.2, -0.15) is 0 Å². The van der Waals surface area contributed by atoms with E-state index < -0.39 is 94.2 Å². The fourth-order valence-corrected chi connectivity index (χ4v) is 2.61. The lowest BCUT2D eigenvalue weighted by Crippen LogP contribution is -2.48. The summed E-state index contributed by atoms with van der Waals surface area (Å²) in [6, 6.07) is 0. The number of carbonyl (C=O) groups excluding carboxylic acids is 3. The third-order valence-electron chi connectivity index (χ3n) is 4.77. The Morgan fingerprint density at radius 1 is 0.600 bits per heavy atom. The van der Waals surface area contributed by atoms with Crippen molar-refractivity contribution < 1.29 is 68.3 Å². The zero-order chi connectivity index (χ0) is 30.8. The van der Waals surface area contributed by atoms with Crippen molar-refractivity contribution in [3.8, 4) is 0 Å². The molecule has 0 rings (SSSR count). The summed E-state index contributed by atoms with van der Waals surface area (Å²) in [4.78, 5) is 34.6. The van der Waals surface area contributed by atoms with Crippen LogP contribution in [0.15, 0.2) is 36.5 Å². The van der Waals surface area contributed by atoms with Crippen LogP contribution < -0.4 is 0 Å². The summed E-state index contributed by atoms with van der Waals surface area (Å²) in [5, 5.41) is 50.2. The Morgan fingerprint density at radius 2 is 0.975 bits per heavy atom. The van der Waals surface area contributed by atoms with Gasteiger partial charge in [-0.05, 0) is 20.8 Å². The van der Waals surface area contributed by atoms with Gasteiger partial charge in [0, 0.05) is 16.7 Å². The molecule has 0 aliphatic heterocycles. The lowest BCUT2D eigenvalue weighted by atomic mass is 10.1. The molecule has 3 unspecified atom stereocenters. The van der Waals surface area contributed by atoms with Crippen LogP contribution in [-0.4, -0.2) is 133 Å². The Labute approximate surface area is 233 Å². The Morgan fingerprint density at radius 3 is 1.35 bits per heavy atom. The van der Waals surface area contributed by atoms with Gasteiger partial charge in [0.1, 0.15) is 56.4 Å². The summed E-state index contributed by atoms with van der Waals surface area (Å²) in [5.41, 5.74) is 0.388. The molecule has 0 heterocycles. The third-order valence-corrected chi connectivity index (χ3v) is 4.77. The molecule has 0 aliphatic carbocycles. The Kier molecular flexibility index (Phi) is 18.9. The van der Waals surface area contributed by atoms with E-state index in [0.717, 1.165) is 0 Å². The summed E-state index contributed by atoms with van der Waals surface area (Å²) in [5.74, 6) is -2.15. The number of aliphatic hydroxyl groups excluding tert-OH is 5. The van der Waals surface area contributed by atoms with Gasteiger partial charge >= 0.3 is 17.9 Å². The zero-order valence-electron chi connectivity index (χ0n) is 23.2. The molecule has 0 aliphatic rings. The van der Waals surface area contributed by atoms with Crippen LogP contribution in [0.25, 0.3) is 0 Å². The van der Waals surface area contributed by atoms with Crippen molar-refractivity contribution in [2.75, 3.05) is 52.9 Å². The van der Waals surface area contributed by atoms with E-state index in [4.69, 9.17) is 28.4 Å². The molecular formula is C26H42O14. The minimum absolute atomic E-state index is 0.122. The highest BCUT2D eigenvalue weighted by Gasteiger charge is 2.32. The van der Waals surface area contributed by atoms with Gasteiger partial charge in [0.2, 0.25) is 0 Å². The number of rotatable bonds is 22. The molecular weight excluding hydrogens is 536 g/mol. The minimum atomic E-state index is -1.56. The van der Waals surface area contributed by atoms with Gasteiger partial charge in [-0.25, -0.2) is 14.4 Å². The maximum atomic E-state index is 11.5. The largest absolute Gasteiger partial charge is 0.460 e. The van der Waals surface area contributed by atoms with E-state index in [1.807, 2.05) is 0 Å². The van der Waals surface area contributed by atoms with Gasteiger partial charge in [-0.3, -0.25) is 0 Å². The maximum Gasteiger partial charge on any atom is 0.333 e. The maximum absolute atomic E-state index is 11.5. The van der Waals surface area contributed by atoms with Crippen molar-refractivity contribution in [1.29, 1.82) is 0 Å². The molecule has 40 heavy (non-hydrogen) atoms. The first kappa shape index (κ1) is 37.3. The van der Waals surface area contributed by atoms with Crippen LogP contribution in [0.1, 0.15) is 20.8 Å². The highest BCUT2D eigenvalue weighted by Crippen LogP contribution is 2.13. The minimum Gasteiger partial charge on any atom is -0.460 e. The Balaban J connectivity index is 5.30. The summed E-state index contributed by atoms with van der Waals surface area (Å²) < 4.78 is 31.1. The molecule has 0 aromatic rings.